The molecule has 3 aromatic heterocycles. The zero-order valence-electron chi connectivity index (χ0n) is 23.2. The topological polar surface area (TPSA) is 91.0 Å². The molecule has 0 fully saturated rings. The van der Waals surface area contributed by atoms with Crippen LogP contribution in [0, 0.1) is 11.3 Å². The number of imidazole rings is 1. The van der Waals surface area contributed by atoms with Crippen molar-refractivity contribution >= 4 is 50.3 Å². The van der Waals surface area contributed by atoms with E-state index in [0.717, 1.165) is 34.5 Å². The van der Waals surface area contributed by atoms with Crippen LogP contribution in [0.2, 0.25) is 0 Å². The van der Waals surface area contributed by atoms with Crippen molar-refractivity contribution in [3.05, 3.63) is 105 Å². The van der Waals surface area contributed by atoms with Crippen LogP contribution in [-0.2, 0) is 24.4 Å². The molecular weight excluding hydrogens is 659 g/mol. The largest absolute Gasteiger partial charge is 0.460 e. The second kappa shape index (κ2) is 12.6. The number of aromatic nitrogens is 2. The standard InChI is InChI=1S/C30H20F7N5O2S2/c31-28(32,29(33,34)30(35,36)37)27(44)42(16-22-13-39-17-41(22)15-19-5-3-18(12-38)4-6-19)21-7-8-24-20(10-21)11-25(46-24)26(43)40-14-23-2-1-9-45-23/h1-11,13,17H,14-16H2,(H,40,43). The number of hydrogen-bond acceptors (Lipinski definition) is 6. The van der Waals surface area contributed by atoms with Gasteiger partial charge in [0, 0.05) is 28.0 Å². The quantitative estimate of drug-likeness (QED) is 0.156. The van der Waals surface area contributed by atoms with E-state index >= 15 is 0 Å². The van der Waals surface area contributed by atoms with E-state index in [-0.39, 0.29) is 33.9 Å². The summed E-state index contributed by atoms with van der Waals surface area (Å²) in [7, 11) is 0. The number of nitrogens with one attached hydrogen (secondary N) is 1. The van der Waals surface area contributed by atoms with Gasteiger partial charge in [0.2, 0.25) is 0 Å². The molecule has 238 valence electrons. The molecule has 7 nitrogen and oxygen atoms in total. The SMILES string of the molecule is N#Cc1ccc(Cn2cncc2CN(C(=O)C(F)(F)C(F)(F)C(F)(F)F)c2ccc3sc(C(=O)NCc4cccs4)cc3c2)cc1. The Labute approximate surface area is 264 Å². The summed E-state index contributed by atoms with van der Waals surface area (Å²) in [6.07, 6.45) is -4.30. The molecular formula is C30H20F7N5O2S2. The van der Waals surface area contributed by atoms with Crippen LogP contribution in [0.5, 0.6) is 0 Å². The van der Waals surface area contributed by atoms with Gasteiger partial charge in [-0.2, -0.15) is 36.0 Å². The summed E-state index contributed by atoms with van der Waals surface area (Å²) in [6.45, 7) is -0.564. The lowest BCUT2D eigenvalue weighted by molar-refractivity contribution is -0.343. The summed E-state index contributed by atoms with van der Waals surface area (Å²) >= 11 is 2.46. The van der Waals surface area contributed by atoms with Crippen LogP contribution in [-0.4, -0.2) is 39.4 Å². The van der Waals surface area contributed by atoms with E-state index in [4.69, 9.17) is 5.26 Å². The molecule has 5 aromatic rings. The molecule has 3 heterocycles. The lowest BCUT2D eigenvalue weighted by Crippen LogP contribution is -2.60. The zero-order valence-corrected chi connectivity index (χ0v) is 24.8. The van der Waals surface area contributed by atoms with Crippen molar-refractivity contribution in [2.45, 2.75) is 37.7 Å². The molecule has 0 radical (unpaired) electrons. The molecule has 0 atom stereocenters. The molecule has 0 aliphatic rings. The van der Waals surface area contributed by atoms with Crippen LogP contribution < -0.4 is 10.2 Å². The number of carbonyl (C=O) groups is 2. The van der Waals surface area contributed by atoms with Gasteiger partial charge in [-0.3, -0.25) is 9.59 Å². The number of carbonyl (C=O) groups excluding carboxylic acids is 2. The number of nitrogens with zero attached hydrogens (tertiary/aromatic N) is 4. The van der Waals surface area contributed by atoms with Crippen LogP contribution in [0.3, 0.4) is 0 Å². The van der Waals surface area contributed by atoms with Crippen molar-refractivity contribution < 1.29 is 40.3 Å². The van der Waals surface area contributed by atoms with Crippen molar-refractivity contribution in [1.29, 1.82) is 5.26 Å². The van der Waals surface area contributed by atoms with E-state index < -0.39 is 42.1 Å². The predicted octanol–water partition coefficient (Wildman–Crippen LogP) is 7.38. The molecule has 16 heteroatoms. The number of halogens is 7. The van der Waals surface area contributed by atoms with E-state index in [9.17, 15) is 40.3 Å². The summed E-state index contributed by atoms with van der Waals surface area (Å²) in [5, 5.41) is 13.8. The van der Waals surface area contributed by atoms with E-state index in [2.05, 4.69) is 10.3 Å². The van der Waals surface area contributed by atoms with Crippen LogP contribution in [0.25, 0.3) is 10.1 Å². The van der Waals surface area contributed by atoms with Gasteiger partial charge < -0.3 is 14.8 Å². The molecule has 0 saturated carbocycles. The average Bonchev–Trinajstić information content (AvgIpc) is 3.79. The Hall–Kier alpha value is -4.75. The van der Waals surface area contributed by atoms with Crippen molar-refractivity contribution in [1.82, 2.24) is 14.9 Å². The summed E-state index contributed by atoms with van der Waals surface area (Å²) in [6, 6.07) is 16.8. The minimum absolute atomic E-state index is 0.0305. The highest BCUT2D eigenvalue weighted by molar-refractivity contribution is 7.20. The number of nitriles is 1. The number of thiophene rings is 2. The molecule has 0 aliphatic carbocycles. The minimum Gasteiger partial charge on any atom is -0.346 e. The van der Waals surface area contributed by atoms with Crippen LogP contribution in [0.15, 0.2) is 78.6 Å². The Morgan fingerprint density at radius 1 is 1.00 bits per heavy atom. The van der Waals surface area contributed by atoms with Gasteiger partial charge >= 0.3 is 23.9 Å². The monoisotopic (exact) mass is 679 g/mol. The fourth-order valence-corrected chi connectivity index (χ4v) is 6.01. The maximum Gasteiger partial charge on any atom is 0.460 e. The van der Waals surface area contributed by atoms with Gasteiger partial charge in [0.15, 0.2) is 0 Å². The maximum absolute atomic E-state index is 14.8. The highest BCUT2D eigenvalue weighted by atomic mass is 32.1. The Morgan fingerprint density at radius 3 is 2.39 bits per heavy atom. The molecule has 2 aromatic carbocycles. The lowest BCUT2D eigenvalue weighted by Gasteiger charge is -2.32. The third-order valence-electron chi connectivity index (χ3n) is 6.86. The van der Waals surface area contributed by atoms with Crippen molar-refractivity contribution in [3.8, 4) is 6.07 Å². The number of hydrogen-bond donors (Lipinski definition) is 1. The third-order valence-corrected chi connectivity index (χ3v) is 8.85. The first kappa shape index (κ1) is 32.6. The lowest BCUT2D eigenvalue weighted by atomic mass is 10.1. The second-order valence-electron chi connectivity index (χ2n) is 9.95. The third kappa shape index (κ3) is 6.46. The number of fused-ring (bicyclic) bond motifs is 1. The Balaban J connectivity index is 1.49. The summed E-state index contributed by atoms with van der Waals surface area (Å²) < 4.78 is 98.8. The molecule has 0 aliphatic heterocycles. The number of alkyl halides is 7. The fourth-order valence-electron chi connectivity index (χ4n) is 4.41. The smallest absolute Gasteiger partial charge is 0.346 e. The highest BCUT2D eigenvalue weighted by Crippen LogP contribution is 2.48. The summed E-state index contributed by atoms with van der Waals surface area (Å²) in [4.78, 5) is 31.0. The first-order valence-corrected chi connectivity index (χ1v) is 14.9. The van der Waals surface area contributed by atoms with Gasteiger partial charge in [0.05, 0.1) is 41.6 Å². The number of benzene rings is 2. The zero-order chi connectivity index (χ0) is 33.3. The molecule has 5 rings (SSSR count). The minimum atomic E-state index is -6.72. The van der Waals surface area contributed by atoms with E-state index in [1.54, 1.807) is 12.1 Å². The number of rotatable bonds is 10. The van der Waals surface area contributed by atoms with Gasteiger partial charge in [0.1, 0.15) is 0 Å². The molecule has 0 spiro atoms. The molecule has 46 heavy (non-hydrogen) atoms. The Bertz CT molecular complexity index is 1910. The molecule has 0 unspecified atom stereocenters. The molecule has 2 amide bonds. The van der Waals surface area contributed by atoms with Crippen molar-refractivity contribution in [2.24, 2.45) is 0 Å². The van der Waals surface area contributed by atoms with Crippen molar-refractivity contribution in [2.75, 3.05) is 4.90 Å². The van der Waals surface area contributed by atoms with Gasteiger partial charge in [-0.1, -0.05) is 18.2 Å². The predicted molar refractivity (Wildman–Crippen MR) is 157 cm³/mol. The average molecular weight is 680 g/mol. The first-order valence-electron chi connectivity index (χ1n) is 13.2. The van der Waals surface area contributed by atoms with Crippen LogP contribution in [0.4, 0.5) is 36.4 Å². The van der Waals surface area contributed by atoms with E-state index in [1.165, 1.54) is 46.5 Å². The van der Waals surface area contributed by atoms with Gasteiger partial charge in [-0.15, -0.1) is 22.7 Å². The maximum atomic E-state index is 14.8. The Kier molecular flexibility index (Phi) is 8.91. The first-order chi connectivity index (χ1) is 21.7. The molecule has 1 N–H and O–H groups in total. The van der Waals surface area contributed by atoms with Gasteiger partial charge in [-0.05, 0) is 58.8 Å². The summed E-state index contributed by atoms with van der Waals surface area (Å²) in [5.74, 6) is -16.1. The molecule has 0 saturated heterocycles. The van der Waals surface area contributed by atoms with Crippen LogP contribution in [0.1, 0.15) is 31.4 Å². The molecule has 0 bridgehead atoms. The second-order valence-corrected chi connectivity index (χ2v) is 12.1. The summed E-state index contributed by atoms with van der Waals surface area (Å²) in [5.41, 5.74) is 0.605. The van der Waals surface area contributed by atoms with E-state index in [1.807, 2.05) is 23.6 Å². The Morgan fingerprint density at radius 2 is 1.74 bits per heavy atom. The normalized spacial score (nSPS) is 12.2. The number of anilines is 1. The number of amides is 2. The van der Waals surface area contributed by atoms with Gasteiger partial charge in [0.25, 0.3) is 5.91 Å². The van der Waals surface area contributed by atoms with Crippen LogP contribution >= 0.6 is 22.7 Å². The van der Waals surface area contributed by atoms with Crippen molar-refractivity contribution in [3.63, 3.8) is 0 Å². The van der Waals surface area contributed by atoms with Gasteiger partial charge in [-0.25, -0.2) is 4.98 Å². The van der Waals surface area contributed by atoms with E-state index in [0.29, 0.717) is 15.8 Å². The fraction of sp³-hybridized carbons (Fsp3) is 0.200. The highest BCUT2D eigenvalue weighted by Gasteiger charge is 2.77.